The van der Waals surface area contributed by atoms with Crippen molar-refractivity contribution in [2.24, 2.45) is 5.92 Å². The fraction of sp³-hybridized carbons (Fsp3) is 0.769. The highest BCUT2D eigenvalue weighted by Gasteiger charge is 2.15. The first-order chi connectivity index (χ1) is 7.83. The molecule has 1 aliphatic heterocycles. The number of carbonyl (C=O) groups is 1. The lowest BCUT2D eigenvalue weighted by Crippen LogP contribution is -2.27. The third-order valence-electron chi connectivity index (χ3n) is 2.83. The molecule has 1 rings (SSSR count). The van der Waals surface area contributed by atoms with E-state index in [1.807, 2.05) is 6.08 Å². The van der Waals surface area contributed by atoms with Gasteiger partial charge in [-0.2, -0.15) is 0 Å². The summed E-state index contributed by atoms with van der Waals surface area (Å²) in [5.41, 5.74) is 0. The van der Waals surface area contributed by atoms with E-state index in [4.69, 9.17) is 4.74 Å². The van der Waals surface area contributed by atoms with Gasteiger partial charge >= 0.3 is 0 Å². The first kappa shape index (κ1) is 13.2. The number of rotatable bonds is 7. The van der Waals surface area contributed by atoms with Crippen LogP contribution in [-0.4, -0.2) is 25.7 Å². The van der Waals surface area contributed by atoms with Gasteiger partial charge in [0.1, 0.15) is 0 Å². The van der Waals surface area contributed by atoms with Crippen molar-refractivity contribution < 1.29 is 9.53 Å². The molecule has 1 unspecified atom stereocenters. The number of hydrogen-bond donors (Lipinski definition) is 1. The topological polar surface area (TPSA) is 38.3 Å². The Balaban J connectivity index is 2.01. The minimum Gasteiger partial charge on any atom is -0.381 e. The lowest BCUT2D eigenvalue weighted by molar-refractivity contribution is -0.116. The van der Waals surface area contributed by atoms with Gasteiger partial charge in [0.25, 0.3) is 0 Å². The number of amides is 1. The average molecular weight is 225 g/mol. The summed E-state index contributed by atoms with van der Waals surface area (Å²) >= 11 is 0. The Kier molecular flexibility index (Phi) is 6.90. The second-order valence-corrected chi connectivity index (χ2v) is 4.37. The maximum atomic E-state index is 11.4. The van der Waals surface area contributed by atoms with Crippen molar-refractivity contribution in [3.63, 3.8) is 0 Å². The molecule has 1 N–H and O–H groups in total. The fourth-order valence-electron chi connectivity index (χ4n) is 1.75. The van der Waals surface area contributed by atoms with Crippen LogP contribution in [0.4, 0.5) is 0 Å². The summed E-state index contributed by atoms with van der Waals surface area (Å²) < 4.78 is 5.25. The van der Waals surface area contributed by atoms with Crippen LogP contribution in [0, 0.1) is 5.92 Å². The summed E-state index contributed by atoms with van der Waals surface area (Å²) in [5.74, 6) is 0.542. The zero-order valence-corrected chi connectivity index (χ0v) is 10.2. The average Bonchev–Trinajstić information content (AvgIpc) is 2.79. The van der Waals surface area contributed by atoms with Gasteiger partial charge in [0.2, 0.25) is 5.91 Å². The highest BCUT2D eigenvalue weighted by atomic mass is 16.5. The third kappa shape index (κ3) is 5.91. The van der Waals surface area contributed by atoms with E-state index in [9.17, 15) is 4.79 Å². The Hall–Kier alpha value is -0.830. The van der Waals surface area contributed by atoms with E-state index in [0.29, 0.717) is 5.92 Å². The normalized spacial score (nSPS) is 20.4. The van der Waals surface area contributed by atoms with Gasteiger partial charge in [-0.25, -0.2) is 0 Å². The molecule has 0 aromatic carbocycles. The van der Waals surface area contributed by atoms with E-state index in [1.54, 1.807) is 6.08 Å². The molecule has 0 saturated carbocycles. The molecule has 1 amide bonds. The van der Waals surface area contributed by atoms with Gasteiger partial charge in [-0.1, -0.05) is 25.8 Å². The van der Waals surface area contributed by atoms with Crippen molar-refractivity contribution >= 4 is 5.91 Å². The molecule has 1 heterocycles. The van der Waals surface area contributed by atoms with Gasteiger partial charge < -0.3 is 10.1 Å². The van der Waals surface area contributed by atoms with Crippen LogP contribution in [0.1, 0.15) is 39.0 Å². The maximum absolute atomic E-state index is 11.4. The van der Waals surface area contributed by atoms with Crippen LogP contribution in [0.5, 0.6) is 0 Å². The summed E-state index contributed by atoms with van der Waals surface area (Å²) in [6.07, 6.45) is 9.35. The highest BCUT2D eigenvalue weighted by Crippen LogP contribution is 2.10. The third-order valence-corrected chi connectivity index (χ3v) is 2.83. The SMILES string of the molecule is CCCCCC=CC(=O)NCC1CCOC1. The first-order valence-electron chi connectivity index (χ1n) is 6.35. The van der Waals surface area contributed by atoms with Crippen LogP contribution in [0.2, 0.25) is 0 Å². The van der Waals surface area contributed by atoms with Gasteiger partial charge in [0.05, 0.1) is 6.61 Å². The predicted octanol–water partition coefficient (Wildman–Crippen LogP) is 2.28. The minimum atomic E-state index is 0.0309. The van der Waals surface area contributed by atoms with Crippen LogP contribution >= 0.6 is 0 Å². The van der Waals surface area contributed by atoms with Gasteiger partial charge in [0.15, 0.2) is 0 Å². The molecule has 1 atom stereocenters. The number of carbonyl (C=O) groups excluding carboxylic acids is 1. The Morgan fingerprint density at radius 3 is 3.06 bits per heavy atom. The molecule has 1 fully saturated rings. The minimum absolute atomic E-state index is 0.0309. The van der Waals surface area contributed by atoms with Crippen LogP contribution in [-0.2, 0) is 9.53 Å². The summed E-state index contributed by atoms with van der Waals surface area (Å²) in [5, 5.41) is 2.91. The molecule has 0 aliphatic carbocycles. The zero-order chi connectivity index (χ0) is 11.6. The van der Waals surface area contributed by atoms with Crippen molar-refractivity contribution in [1.29, 1.82) is 0 Å². The summed E-state index contributed by atoms with van der Waals surface area (Å²) in [7, 11) is 0. The predicted molar refractivity (Wildman–Crippen MR) is 65.2 cm³/mol. The maximum Gasteiger partial charge on any atom is 0.243 e. The Labute approximate surface area is 98.2 Å². The summed E-state index contributed by atoms with van der Waals surface area (Å²) in [6, 6.07) is 0. The number of hydrogen-bond acceptors (Lipinski definition) is 2. The molecule has 0 bridgehead atoms. The van der Waals surface area contributed by atoms with E-state index in [0.717, 1.165) is 32.6 Å². The molecule has 1 saturated heterocycles. The molecule has 0 spiro atoms. The lowest BCUT2D eigenvalue weighted by Gasteiger charge is -2.06. The molecule has 0 radical (unpaired) electrons. The molecule has 92 valence electrons. The second-order valence-electron chi connectivity index (χ2n) is 4.37. The van der Waals surface area contributed by atoms with Gasteiger partial charge in [0, 0.05) is 19.1 Å². The van der Waals surface area contributed by atoms with Crippen molar-refractivity contribution in [3.8, 4) is 0 Å². The molecule has 3 heteroatoms. The van der Waals surface area contributed by atoms with E-state index in [1.165, 1.54) is 19.3 Å². The van der Waals surface area contributed by atoms with Crippen molar-refractivity contribution in [2.45, 2.75) is 39.0 Å². The van der Waals surface area contributed by atoms with Crippen LogP contribution < -0.4 is 5.32 Å². The lowest BCUT2D eigenvalue weighted by atomic mass is 10.1. The van der Waals surface area contributed by atoms with Crippen LogP contribution in [0.15, 0.2) is 12.2 Å². The Morgan fingerprint density at radius 2 is 2.38 bits per heavy atom. The van der Waals surface area contributed by atoms with Crippen LogP contribution in [0.3, 0.4) is 0 Å². The van der Waals surface area contributed by atoms with E-state index < -0.39 is 0 Å². The molecule has 16 heavy (non-hydrogen) atoms. The van der Waals surface area contributed by atoms with Gasteiger partial charge in [-0.05, 0) is 25.3 Å². The molecular weight excluding hydrogens is 202 g/mol. The van der Waals surface area contributed by atoms with E-state index >= 15 is 0 Å². The molecule has 3 nitrogen and oxygen atoms in total. The van der Waals surface area contributed by atoms with Crippen LogP contribution in [0.25, 0.3) is 0 Å². The molecular formula is C13H23NO2. The fourth-order valence-corrected chi connectivity index (χ4v) is 1.75. The number of unbranched alkanes of at least 4 members (excludes halogenated alkanes) is 3. The van der Waals surface area contributed by atoms with Gasteiger partial charge in [-0.3, -0.25) is 4.79 Å². The second kappa shape index (κ2) is 8.34. The molecule has 0 aromatic rings. The Bertz CT molecular complexity index is 220. The standard InChI is InChI=1S/C13H23NO2/c1-2-3-4-5-6-7-13(15)14-10-12-8-9-16-11-12/h6-7,12H,2-5,8-11H2,1H3,(H,14,15). The van der Waals surface area contributed by atoms with Crippen molar-refractivity contribution in [3.05, 3.63) is 12.2 Å². The number of nitrogens with one attached hydrogen (secondary N) is 1. The van der Waals surface area contributed by atoms with Gasteiger partial charge in [-0.15, -0.1) is 0 Å². The monoisotopic (exact) mass is 225 g/mol. The Morgan fingerprint density at radius 1 is 1.50 bits per heavy atom. The molecule has 0 aromatic heterocycles. The zero-order valence-electron chi connectivity index (χ0n) is 10.2. The van der Waals surface area contributed by atoms with E-state index in [-0.39, 0.29) is 5.91 Å². The highest BCUT2D eigenvalue weighted by molar-refractivity contribution is 5.87. The van der Waals surface area contributed by atoms with Crippen molar-refractivity contribution in [2.75, 3.05) is 19.8 Å². The first-order valence-corrected chi connectivity index (χ1v) is 6.35. The summed E-state index contributed by atoms with van der Waals surface area (Å²) in [4.78, 5) is 11.4. The van der Waals surface area contributed by atoms with Crippen molar-refractivity contribution in [1.82, 2.24) is 5.32 Å². The quantitative estimate of drug-likeness (QED) is 0.533. The number of ether oxygens (including phenoxy) is 1. The molecule has 1 aliphatic rings. The largest absolute Gasteiger partial charge is 0.381 e. The smallest absolute Gasteiger partial charge is 0.243 e. The van der Waals surface area contributed by atoms with E-state index in [2.05, 4.69) is 12.2 Å². The number of allylic oxidation sites excluding steroid dienone is 1. The summed E-state index contributed by atoms with van der Waals surface area (Å²) in [6.45, 7) is 4.56.